The van der Waals surface area contributed by atoms with E-state index in [0.29, 0.717) is 18.6 Å². The number of pyridine rings is 1. The molecule has 29 heavy (non-hydrogen) atoms. The Bertz CT molecular complexity index is 1250. The molecule has 0 saturated carbocycles. The summed E-state index contributed by atoms with van der Waals surface area (Å²) in [4.78, 5) is 17.6. The number of carbonyl (C=O) groups excluding carboxylic acids is 1. The molecule has 0 fully saturated rings. The van der Waals surface area contributed by atoms with Crippen molar-refractivity contribution >= 4 is 38.2 Å². The normalized spacial score (nSPS) is 12.0. The van der Waals surface area contributed by atoms with Gasteiger partial charge in [-0.1, -0.05) is 37.3 Å². The molecule has 144 valence electrons. The highest BCUT2D eigenvalue weighted by Gasteiger charge is 2.18. The van der Waals surface area contributed by atoms with Crippen molar-refractivity contribution in [2.75, 3.05) is 6.61 Å². The first kappa shape index (κ1) is 19.1. The molecule has 1 atom stereocenters. The van der Waals surface area contributed by atoms with Crippen molar-refractivity contribution in [1.82, 2.24) is 4.98 Å². The van der Waals surface area contributed by atoms with Crippen LogP contribution in [0.4, 0.5) is 0 Å². The highest BCUT2D eigenvalue weighted by atomic mass is 32.1. The molecule has 5 heteroatoms. The molecule has 0 saturated heterocycles. The van der Waals surface area contributed by atoms with Crippen LogP contribution in [0.5, 0.6) is 0 Å². The number of thiophene rings is 1. The van der Waals surface area contributed by atoms with E-state index < -0.39 is 0 Å². The van der Waals surface area contributed by atoms with Crippen LogP contribution in [0, 0.1) is 17.2 Å². The minimum absolute atomic E-state index is 0.165. The summed E-state index contributed by atoms with van der Waals surface area (Å²) in [6.45, 7) is 4.12. The zero-order valence-electron chi connectivity index (χ0n) is 16.3. The lowest BCUT2D eigenvalue weighted by molar-refractivity contribution is -0.147. The van der Waals surface area contributed by atoms with Gasteiger partial charge in [0.05, 0.1) is 24.2 Å². The molecule has 0 spiro atoms. The molecule has 0 N–H and O–H groups in total. The largest absolute Gasteiger partial charge is 0.466 e. The standard InChI is InChI=1S/C24H20N2O2S/c1-3-28-24(27)15(2)10-18-11-17-13-26-14-22(23(17)29-18)21-9-8-16(12-25)19-6-4-5-7-20(19)21/h4-9,11,13-15H,3,10H2,1-2H3/t15-/m1/s1. The van der Waals surface area contributed by atoms with Gasteiger partial charge in [0.1, 0.15) is 0 Å². The van der Waals surface area contributed by atoms with Gasteiger partial charge in [-0.2, -0.15) is 5.26 Å². The Morgan fingerprint density at radius 3 is 2.72 bits per heavy atom. The summed E-state index contributed by atoms with van der Waals surface area (Å²) in [6, 6.07) is 16.2. The van der Waals surface area contributed by atoms with Gasteiger partial charge in [0.2, 0.25) is 0 Å². The van der Waals surface area contributed by atoms with E-state index in [0.717, 1.165) is 36.9 Å². The molecule has 0 aliphatic carbocycles. The predicted molar refractivity (Wildman–Crippen MR) is 117 cm³/mol. The second-order valence-electron chi connectivity index (χ2n) is 6.99. The van der Waals surface area contributed by atoms with Gasteiger partial charge in [-0.15, -0.1) is 11.3 Å². The quantitative estimate of drug-likeness (QED) is 0.401. The molecule has 0 radical (unpaired) electrons. The summed E-state index contributed by atoms with van der Waals surface area (Å²) in [6.07, 6.45) is 4.39. The van der Waals surface area contributed by atoms with Crippen molar-refractivity contribution in [2.45, 2.75) is 20.3 Å². The average Bonchev–Trinajstić information content (AvgIpc) is 3.15. The van der Waals surface area contributed by atoms with Gasteiger partial charge in [-0.3, -0.25) is 9.78 Å². The maximum Gasteiger partial charge on any atom is 0.309 e. The molecule has 0 bridgehead atoms. The van der Waals surface area contributed by atoms with Crippen LogP contribution in [-0.4, -0.2) is 17.6 Å². The first-order chi connectivity index (χ1) is 14.1. The number of nitrogens with zero attached hydrogens (tertiary/aromatic N) is 2. The third kappa shape index (κ3) is 3.59. The highest BCUT2D eigenvalue weighted by molar-refractivity contribution is 7.19. The smallest absolute Gasteiger partial charge is 0.309 e. The summed E-state index contributed by atoms with van der Waals surface area (Å²) in [5.74, 6) is -0.350. The maximum absolute atomic E-state index is 12.0. The number of hydrogen-bond donors (Lipinski definition) is 0. The Hall–Kier alpha value is -3.23. The monoisotopic (exact) mass is 400 g/mol. The van der Waals surface area contributed by atoms with Crippen LogP contribution in [0.3, 0.4) is 0 Å². The Morgan fingerprint density at radius 1 is 1.17 bits per heavy atom. The number of esters is 1. The van der Waals surface area contributed by atoms with Gasteiger partial charge in [-0.25, -0.2) is 0 Å². The van der Waals surface area contributed by atoms with Crippen molar-refractivity contribution in [2.24, 2.45) is 5.92 Å². The Balaban J connectivity index is 1.80. The van der Waals surface area contributed by atoms with E-state index in [1.807, 2.05) is 62.6 Å². The SMILES string of the molecule is CCOC(=O)[C@H](C)Cc1cc2cncc(-c3ccc(C#N)c4ccccc34)c2s1. The zero-order valence-corrected chi connectivity index (χ0v) is 17.1. The molecule has 0 aliphatic heterocycles. The van der Waals surface area contributed by atoms with Crippen molar-refractivity contribution < 1.29 is 9.53 Å². The lowest BCUT2D eigenvalue weighted by Crippen LogP contribution is -2.16. The van der Waals surface area contributed by atoms with E-state index in [1.165, 1.54) is 0 Å². The fourth-order valence-electron chi connectivity index (χ4n) is 3.61. The molecule has 2 aromatic carbocycles. The van der Waals surface area contributed by atoms with Crippen LogP contribution < -0.4 is 0 Å². The number of hydrogen-bond acceptors (Lipinski definition) is 5. The van der Waals surface area contributed by atoms with E-state index in [9.17, 15) is 10.1 Å². The van der Waals surface area contributed by atoms with E-state index in [2.05, 4.69) is 17.1 Å². The topological polar surface area (TPSA) is 63.0 Å². The third-order valence-electron chi connectivity index (χ3n) is 5.00. The van der Waals surface area contributed by atoms with Crippen molar-refractivity contribution in [1.29, 1.82) is 5.26 Å². The number of ether oxygens (including phenoxy) is 1. The van der Waals surface area contributed by atoms with Gasteiger partial charge in [0.25, 0.3) is 0 Å². The molecule has 4 aromatic rings. The first-order valence-corrected chi connectivity index (χ1v) is 10.4. The fourth-order valence-corrected chi connectivity index (χ4v) is 4.89. The molecule has 4 rings (SSSR count). The van der Waals surface area contributed by atoms with Crippen LogP contribution in [-0.2, 0) is 16.0 Å². The minimum atomic E-state index is -0.185. The summed E-state index contributed by atoms with van der Waals surface area (Å²) < 4.78 is 6.28. The van der Waals surface area contributed by atoms with E-state index >= 15 is 0 Å². The summed E-state index contributed by atoms with van der Waals surface area (Å²) in [5, 5.41) is 12.5. The van der Waals surface area contributed by atoms with Crippen LogP contribution >= 0.6 is 11.3 Å². The van der Waals surface area contributed by atoms with Crippen LogP contribution in [0.25, 0.3) is 32.0 Å². The number of rotatable bonds is 5. The fraction of sp³-hybridized carbons (Fsp3) is 0.208. The van der Waals surface area contributed by atoms with Gasteiger partial charge in [0, 0.05) is 38.3 Å². The van der Waals surface area contributed by atoms with Crippen LogP contribution in [0.15, 0.2) is 54.9 Å². The highest BCUT2D eigenvalue weighted by Crippen LogP contribution is 2.38. The second-order valence-corrected chi connectivity index (χ2v) is 8.13. The average molecular weight is 401 g/mol. The number of fused-ring (bicyclic) bond motifs is 2. The van der Waals surface area contributed by atoms with Gasteiger partial charge in [0.15, 0.2) is 0 Å². The molecular weight excluding hydrogens is 380 g/mol. The lowest BCUT2D eigenvalue weighted by atomic mass is 9.96. The Morgan fingerprint density at radius 2 is 1.97 bits per heavy atom. The minimum Gasteiger partial charge on any atom is -0.466 e. The molecule has 0 amide bonds. The Kier molecular flexibility index (Phi) is 5.28. The van der Waals surface area contributed by atoms with Crippen molar-refractivity contribution in [3.63, 3.8) is 0 Å². The zero-order chi connectivity index (χ0) is 20.4. The van der Waals surface area contributed by atoms with E-state index in [-0.39, 0.29) is 11.9 Å². The number of carbonyl (C=O) groups is 1. The van der Waals surface area contributed by atoms with E-state index in [1.54, 1.807) is 11.3 Å². The molecule has 0 aliphatic rings. The molecule has 0 unspecified atom stereocenters. The molecule has 4 nitrogen and oxygen atoms in total. The lowest BCUT2D eigenvalue weighted by Gasteiger charge is -2.09. The summed E-state index contributed by atoms with van der Waals surface area (Å²) >= 11 is 1.69. The van der Waals surface area contributed by atoms with Crippen molar-refractivity contribution in [3.8, 4) is 17.2 Å². The predicted octanol–water partition coefficient (Wildman–Crippen LogP) is 5.73. The molecule has 2 heterocycles. The van der Waals surface area contributed by atoms with Gasteiger partial charge >= 0.3 is 5.97 Å². The van der Waals surface area contributed by atoms with Gasteiger partial charge in [-0.05, 0) is 36.4 Å². The number of benzene rings is 2. The summed E-state index contributed by atoms with van der Waals surface area (Å²) in [5.41, 5.74) is 2.77. The van der Waals surface area contributed by atoms with Crippen LogP contribution in [0.1, 0.15) is 24.3 Å². The molecular formula is C24H20N2O2S. The second kappa shape index (κ2) is 8.02. The van der Waals surface area contributed by atoms with Crippen molar-refractivity contribution in [3.05, 3.63) is 65.3 Å². The summed E-state index contributed by atoms with van der Waals surface area (Å²) in [7, 11) is 0. The number of nitriles is 1. The number of aromatic nitrogens is 1. The first-order valence-electron chi connectivity index (χ1n) is 9.57. The van der Waals surface area contributed by atoms with Crippen LogP contribution in [0.2, 0.25) is 0 Å². The third-order valence-corrected chi connectivity index (χ3v) is 6.21. The molecule has 2 aromatic heterocycles. The van der Waals surface area contributed by atoms with E-state index in [4.69, 9.17) is 4.74 Å². The maximum atomic E-state index is 12.0. The Labute approximate surface area is 173 Å². The van der Waals surface area contributed by atoms with Gasteiger partial charge < -0.3 is 4.74 Å².